The monoisotopic (exact) mass is 300 g/mol. The Balaban J connectivity index is 0.00000180. The molecule has 1 aliphatic heterocycles. The standard InChI is InChI=1S/C15H23NOS.ClH/c1-14-4-6-15(7-5-14)18-13-3-2-8-16-9-11-17-12-10-16;/h4-7H,2-3,8-13H2,1H3;1H/p-1. The van der Waals surface area contributed by atoms with E-state index in [1.165, 1.54) is 35.6 Å². The summed E-state index contributed by atoms with van der Waals surface area (Å²) in [5.74, 6) is 1.23. The highest BCUT2D eigenvalue weighted by Gasteiger charge is 2.08. The number of halogens is 1. The molecule has 1 aliphatic rings. The maximum absolute atomic E-state index is 5.35. The molecule has 2 nitrogen and oxygen atoms in total. The Morgan fingerprint density at radius 1 is 1.11 bits per heavy atom. The highest BCUT2D eigenvalue weighted by atomic mass is 35.5. The van der Waals surface area contributed by atoms with Gasteiger partial charge in [-0.25, -0.2) is 0 Å². The third-order valence-corrected chi connectivity index (χ3v) is 4.36. The van der Waals surface area contributed by atoms with E-state index in [1.54, 1.807) is 0 Å². The average Bonchev–Trinajstić information content (AvgIpc) is 2.42. The third-order valence-electron chi connectivity index (χ3n) is 3.26. The van der Waals surface area contributed by atoms with Crippen molar-refractivity contribution < 1.29 is 17.1 Å². The van der Waals surface area contributed by atoms with E-state index in [0.29, 0.717) is 0 Å². The van der Waals surface area contributed by atoms with Gasteiger partial charge >= 0.3 is 0 Å². The molecule has 4 heteroatoms. The molecule has 0 saturated carbocycles. The summed E-state index contributed by atoms with van der Waals surface area (Å²) in [6.45, 7) is 7.43. The van der Waals surface area contributed by atoms with Gasteiger partial charge in [-0.05, 0) is 44.2 Å². The highest BCUT2D eigenvalue weighted by Crippen LogP contribution is 2.19. The van der Waals surface area contributed by atoms with E-state index >= 15 is 0 Å². The van der Waals surface area contributed by atoms with Crippen molar-refractivity contribution in [3.8, 4) is 0 Å². The van der Waals surface area contributed by atoms with Crippen molar-refractivity contribution in [3.63, 3.8) is 0 Å². The number of aryl methyl sites for hydroxylation is 1. The normalized spacial score (nSPS) is 16.1. The smallest absolute Gasteiger partial charge is 0.0594 e. The van der Waals surface area contributed by atoms with Crippen LogP contribution >= 0.6 is 11.8 Å². The number of hydrogen-bond acceptors (Lipinski definition) is 3. The van der Waals surface area contributed by atoms with Crippen LogP contribution in [0, 0.1) is 6.92 Å². The lowest BCUT2D eigenvalue weighted by atomic mass is 10.2. The summed E-state index contributed by atoms with van der Waals surface area (Å²) in [5, 5.41) is 0. The topological polar surface area (TPSA) is 12.5 Å². The highest BCUT2D eigenvalue weighted by molar-refractivity contribution is 7.99. The van der Waals surface area contributed by atoms with Gasteiger partial charge in [0.15, 0.2) is 0 Å². The average molecular weight is 301 g/mol. The van der Waals surface area contributed by atoms with Crippen molar-refractivity contribution in [1.82, 2.24) is 4.90 Å². The molecular weight excluding hydrogens is 278 g/mol. The molecule has 0 amide bonds. The van der Waals surface area contributed by atoms with E-state index in [1.807, 2.05) is 11.8 Å². The number of unbranched alkanes of at least 4 members (excludes halogenated alkanes) is 1. The lowest BCUT2D eigenvalue weighted by Gasteiger charge is -2.26. The van der Waals surface area contributed by atoms with Crippen molar-refractivity contribution in [2.45, 2.75) is 24.7 Å². The molecule has 0 aliphatic carbocycles. The first-order valence-corrected chi connectivity index (χ1v) is 7.83. The molecule has 1 aromatic carbocycles. The summed E-state index contributed by atoms with van der Waals surface area (Å²) in [5.41, 5.74) is 1.34. The van der Waals surface area contributed by atoms with Crippen LogP contribution in [0.5, 0.6) is 0 Å². The molecule has 0 atom stereocenters. The number of benzene rings is 1. The van der Waals surface area contributed by atoms with Crippen molar-refractivity contribution in [3.05, 3.63) is 29.8 Å². The van der Waals surface area contributed by atoms with Crippen LogP contribution in [0.2, 0.25) is 0 Å². The minimum atomic E-state index is 0. The summed E-state index contributed by atoms with van der Waals surface area (Å²) in [6.07, 6.45) is 2.61. The maximum Gasteiger partial charge on any atom is 0.0594 e. The first kappa shape index (κ1) is 16.8. The van der Waals surface area contributed by atoms with Gasteiger partial charge in [0.1, 0.15) is 0 Å². The SMILES string of the molecule is Cc1ccc(SCCCCN2CCOCC2)cc1.[Cl-]. The largest absolute Gasteiger partial charge is 1.00 e. The number of ether oxygens (including phenoxy) is 1. The summed E-state index contributed by atoms with van der Waals surface area (Å²) >= 11 is 1.97. The summed E-state index contributed by atoms with van der Waals surface area (Å²) in [6, 6.07) is 8.83. The molecule has 0 radical (unpaired) electrons. The van der Waals surface area contributed by atoms with Gasteiger partial charge in [0, 0.05) is 18.0 Å². The van der Waals surface area contributed by atoms with Gasteiger partial charge in [-0.2, -0.15) is 0 Å². The number of nitrogens with zero attached hydrogens (tertiary/aromatic N) is 1. The van der Waals surface area contributed by atoms with Crippen molar-refractivity contribution >= 4 is 11.8 Å². The summed E-state index contributed by atoms with van der Waals surface area (Å²) in [4.78, 5) is 3.91. The Morgan fingerprint density at radius 2 is 1.79 bits per heavy atom. The molecule has 0 unspecified atom stereocenters. The lowest BCUT2D eigenvalue weighted by Crippen LogP contribution is -3.00. The van der Waals surface area contributed by atoms with Gasteiger partial charge in [0.05, 0.1) is 13.2 Å². The van der Waals surface area contributed by atoms with E-state index < -0.39 is 0 Å². The Labute approximate surface area is 127 Å². The van der Waals surface area contributed by atoms with E-state index in [9.17, 15) is 0 Å². The van der Waals surface area contributed by atoms with E-state index in [-0.39, 0.29) is 12.4 Å². The Hall–Kier alpha value is -0.220. The predicted octanol–water partition coefficient (Wildman–Crippen LogP) is 0.204. The van der Waals surface area contributed by atoms with Crippen LogP contribution in [0.3, 0.4) is 0 Å². The molecule has 0 bridgehead atoms. The van der Waals surface area contributed by atoms with Gasteiger partial charge in [-0.1, -0.05) is 17.7 Å². The second-order valence-electron chi connectivity index (χ2n) is 4.82. The fourth-order valence-electron chi connectivity index (χ4n) is 2.09. The summed E-state index contributed by atoms with van der Waals surface area (Å²) in [7, 11) is 0. The number of hydrogen-bond donors (Lipinski definition) is 0. The number of rotatable bonds is 6. The molecule has 0 N–H and O–H groups in total. The molecule has 19 heavy (non-hydrogen) atoms. The van der Waals surface area contributed by atoms with Gasteiger partial charge in [0.25, 0.3) is 0 Å². The minimum Gasteiger partial charge on any atom is -1.00 e. The maximum atomic E-state index is 5.35. The van der Waals surface area contributed by atoms with Crippen molar-refractivity contribution in [2.75, 3.05) is 38.6 Å². The molecule has 1 heterocycles. The molecule has 1 aromatic rings. The zero-order valence-electron chi connectivity index (χ0n) is 11.6. The van der Waals surface area contributed by atoms with E-state index in [4.69, 9.17) is 4.74 Å². The Bertz CT molecular complexity index is 339. The first-order chi connectivity index (χ1) is 8.84. The van der Waals surface area contributed by atoms with Gasteiger partial charge in [0.2, 0.25) is 0 Å². The first-order valence-electron chi connectivity index (χ1n) is 6.84. The molecule has 1 saturated heterocycles. The van der Waals surface area contributed by atoms with E-state index in [2.05, 4.69) is 36.1 Å². The number of thioether (sulfide) groups is 1. The van der Waals surface area contributed by atoms with Crippen LogP contribution in [-0.4, -0.2) is 43.5 Å². The van der Waals surface area contributed by atoms with Crippen LogP contribution in [0.4, 0.5) is 0 Å². The van der Waals surface area contributed by atoms with Crippen LogP contribution < -0.4 is 12.4 Å². The minimum absolute atomic E-state index is 0. The second kappa shape index (κ2) is 9.65. The van der Waals surface area contributed by atoms with Gasteiger partial charge < -0.3 is 17.1 Å². The third kappa shape index (κ3) is 6.66. The van der Waals surface area contributed by atoms with Gasteiger partial charge in [-0.3, -0.25) is 4.90 Å². The fraction of sp³-hybridized carbons (Fsp3) is 0.600. The molecule has 1 fully saturated rings. The molecule has 0 aromatic heterocycles. The lowest BCUT2D eigenvalue weighted by molar-refractivity contribution is -0.00000529. The van der Waals surface area contributed by atoms with Crippen LogP contribution in [-0.2, 0) is 4.74 Å². The molecule has 2 rings (SSSR count). The molecule has 0 spiro atoms. The second-order valence-corrected chi connectivity index (χ2v) is 5.99. The zero-order chi connectivity index (χ0) is 12.6. The quantitative estimate of drug-likeness (QED) is 0.550. The zero-order valence-corrected chi connectivity index (χ0v) is 13.2. The van der Waals surface area contributed by atoms with Crippen LogP contribution in [0.25, 0.3) is 0 Å². The van der Waals surface area contributed by atoms with E-state index in [0.717, 1.165) is 26.3 Å². The molecular formula is C15H23ClNOS-. The van der Waals surface area contributed by atoms with Crippen molar-refractivity contribution in [2.24, 2.45) is 0 Å². The Morgan fingerprint density at radius 3 is 2.47 bits per heavy atom. The van der Waals surface area contributed by atoms with Crippen LogP contribution in [0.15, 0.2) is 29.2 Å². The summed E-state index contributed by atoms with van der Waals surface area (Å²) < 4.78 is 5.35. The van der Waals surface area contributed by atoms with Crippen LogP contribution in [0.1, 0.15) is 18.4 Å². The number of morpholine rings is 1. The predicted molar refractivity (Wildman–Crippen MR) is 78.4 cm³/mol. The van der Waals surface area contributed by atoms with Crippen molar-refractivity contribution in [1.29, 1.82) is 0 Å². The Kier molecular flexibility index (Phi) is 8.55. The molecule has 108 valence electrons. The fourth-order valence-corrected chi connectivity index (χ4v) is 3.00. The van der Waals surface area contributed by atoms with Gasteiger partial charge in [-0.15, -0.1) is 11.8 Å².